The van der Waals surface area contributed by atoms with Crippen molar-refractivity contribution < 1.29 is 28.6 Å². The quantitative estimate of drug-likeness (QED) is 0.104. The topological polar surface area (TPSA) is 90.9 Å². The van der Waals surface area contributed by atoms with Crippen LogP contribution in [0.15, 0.2) is 60.4 Å². The van der Waals surface area contributed by atoms with Gasteiger partial charge in [-0.15, -0.1) is 0 Å². The van der Waals surface area contributed by atoms with Gasteiger partial charge < -0.3 is 19.5 Å². The highest BCUT2D eigenvalue weighted by Gasteiger charge is 2.19. The van der Waals surface area contributed by atoms with Crippen LogP contribution in [0.4, 0.5) is 5.69 Å². The molecule has 2 aromatic rings. The van der Waals surface area contributed by atoms with Gasteiger partial charge in [-0.3, -0.25) is 4.79 Å². The Morgan fingerprint density at radius 3 is 2.11 bits per heavy atom. The van der Waals surface area contributed by atoms with Gasteiger partial charge in [-0.05, 0) is 55.5 Å². The molecular formula is C31H41NO6. The van der Waals surface area contributed by atoms with E-state index in [1.165, 1.54) is 24.8 Å². The van der Waals surface area contributed by atoms with Gasteiger partial charge in [-0.2, -0.15) is 0 Å². The molecule has 206 valence electrons. The van der Waals surface area contributed by atoms with Crippen molar-refractivity contribution in [2.45, 2.75) is 78.6 Å². The van der Waals surface area contributed by atoms with Crippen molar-refractivity contribution in [1.29, 1.82) is 0 Å². The third-order valence-corrected chi connectivity index (χ3v) is 5.81. The average molecular weight is 524 g/mol. The van der Waals surface area contributed by atoms with Crippen molar-refractivity contribution in [3.8, 4) is 5.75 Å². The molecule has 0 radical (unpaired) electrons. The van der Waals surface area contributed by atoms with Crippen LogP contribution in [0.5, 0.6) is 5.75 Å². The lowest BCUT2D eigenvalue weighted by atomic mass is 10.0. The van der Waals surface area contributed by atoms with Crippen LogP contribution in [0, 0.1) is 0 Å². The summed E-state index contributed by atoms with van der Waals surface area (Å²) >= 11 is 0. The number of nitrogens with one attached hydrogen (secondary N) is 1. The molecule has 0 aromatic heterocycles. The van der Waals surface area contributed by atoms with Crippen LogP contribution < -0.4 is 10.1 Å². The van der Waals surface area contributed by atoms with Crippen molar-refractivity contribution in [3.63, 3.8) is 0 Å². The number of carbonyl (C=O) groups is 3. The first kappa shape index (κ1) is 30.6. The van der Waals surface area contributed by atoms with E-state index in [-0.39, 0.29) is 30.6 Å². The molecule has 0 aliphatic carbocycles. The zero-order valence-electron chi connectivity index (χ0n) is 22.9. The van der Waals surface area contributed by atoms with E-state index in [9.17, 15) is 14.4 Å². The summed E-state index contributed by atoms with van der Waals surface area (Å²) in [4.78, 5) is 37.9. The molecule has 2 rings (SSSR count). The number of amides is 1. The van der Waals surface area contributed by atoms with E-state index in [0.717, 1.165) is 31.8 Å². The smallest absolute Gasteiger partial charge is 0.374 e. The third kappa shape index (κ3) is 11.2. The molecule has 0 saturated carbocycles. The molecule has 0 bridgehead atoms. The largest absolute Gasteiger partial charge is 0.462 e. The molecule has 0 atom stereocenters. The minimum absolute atomic E-state index is 0.202. The molecule has 2 aromatic carbocycles. The number of benzene rings is 2. The Balaban J connectivity index is 2.13. The third-order valence-electron chi connectivity index (χ3n) is 5.81. The van der Waals surface area contributed by atoms with Crippen LogP contribution in [0.2, 0.25) is 0 Å². The van der Waals surface area contributed by atoms with Crippen molar-refractivity contribution in [2.24, 2.45) is 0 Å². The van der Waals surface area contributed by atoms with Crippen LogP contribution in [-0.2, 0) is 25.5 Å². The molecule has 1 N–H and O–H groups in total. The normalized spacial score (nSPS) is 11.1. The lowest BCUT2D eigenvalue weighted by Crippen LogP contribution is -2.18. The summed E-state index contributed by atoms with van der Waals surface area (Å²) in [6.07, 6.45) is 9.86. The van der Waals surface area contributed by atoms with Gasteiger partial charge in [-0.25, -0.2) is 9.59 Å². The Bertz CT molecular complexity index is 1040. The number of anilines is 1. The number of unbranched alkanes of at least 4 members (excludes halogenated alkanes) is 5. The van der Waals surface area contributed by atoms with Gasteiger partial charge in [0.25, 0.3) is 5.91 Å². The van der Waals surface area contributed by atoms with Crippen LogP contribution >= 0.6 is 0 Å². The molecule has 0 unspecified atom stereocenters. The molecular weight excluding hydrogens is 482 g/mol. The maximum absolute atomic E-state index is 12.9. The van der Waals surface area contributed by atoms with Gasteiger partial charge in [0, 0.05) is 5.56 Å². The molecule has 0 aliphatic rings. The highest BCUT2D eigenvalue weighted by molar-refractivity contribution is 6.05. The number of rotatable bonds is 17. The summed E-state index contributed by atoms with van der Waals surface area (Å²) in [5.41, 5.74) is 2.06. The number of carbonyl (C=O) groups excluding carboxylic acids is 3. The first-order valence-electron chi connectivity index (χ1n) is 13.7. The lowest BCUT2D eigenvalue weighted by molar-refractivity contribution is -0.143. The SMILES string of the molecule is CCCCCCc1ccc(C(=O)Nc2ccccc2O/C(=C\C(=O)OCCCC)C(=O)OCCCC)cc1. The Labute approximate surface area is 226 Å². The van der Waals surface area contributed by atoms with Gasteiger partial charge >= 0.3 is 11.9 Å². The zero-order valence-corrected chi connectivity index (χ0v) is 22.9. The van der Waals surface area contributed by atoms with Gasteiger partial charge in [0.1, 0.15) is 0 Å². The minimum atomic E-state index is -0.776. The Kier molecular flexibility index (Phi) is 14.3. The molecule has 38 heavy (non-hydrogen) atoms. The monoisotopic (exact) mass is 523 g/mol. The second-order valence-electron chi connectivity index (χ2n) is 9.08. The molecule has 0 saturated heterocycles. The molecule has 1 amide bonds. The minimum Gasteiger partial charge on any atom is -0.462 e. The maximum atomic E-state index is 12.9. The highest BCUT2D eigenvalue weighted by atomic mass is 16.6. The number of para-hydroxylation sites is 2. The van der Waals surface area contributed by atoms with Gasteiger partial charge in [0.05, 0.1) is 25.0 Å². The van der Waals surface area contributed by atoms with E-state index in [2.05, 4.69) is 12.2 Å². The highest BCUT2D eigenvalue weighted by Crippen LogP contribution is 2.27. The number of esters is 2. The van der Waals surface area contributed by atoms with Crippen molar-refractivity contribution in [3.05, 3.63) is 71.5 Å². The van der Waals surface area contributed by atoms with E-state index >= 15 is 0 Å². The van der Waals surface area contributed by atoms with E-state index in [1.54, 1.807) is 36.4 Å². The summed E-state index contributed by atoms with van der Waals surface area (Å²) < 4.78 is 16.2. The number of hydrogen-bond donors (Lipinski definition) is 1. The van der Waals surface area contributed by atoms with E-state index in [4.69, 9.17) is 14.2 Å². The van der Waals surface area contributed by atoms with Gasteiger partial charge in [0.2, 0.25) is 5.76 Å². The first-order chi connectivity index (χ1) is 18.5. The van der Waals surface area contributed by atoms with Crippen LogP contribution in [0.1, 0.15) is 88.1 Å². The van der Waals surface area contributed by atoms with Crippen molar-refractivity contribution in [2.75, 3.05) is 18.5 Å². The van der Waals surface area contributed by atoms with E-state index in [0.29, 0.717) is 24.1 Å². The number of ether oxygens (including phenoxy) is 3. The summed E-state index contributed by atoms with van der Waals surface area (Å²) in [5, 5.41) is 2.84. The zero-order chi connectivity index (χ0) is 27.6. The molecule has 7 nitrogen and oxygen atoms in total. The molecule has 0 heterocycles. The van der Waals surface area contributed by atoms with Gasteiger partial charge in [-0.1, -0.05) is 77.1 Å². The predicted octanol–water partition coefficient (Wildman–Crippen LogP) is 7.01. The lowest BCUT2D eigenvalue weighted by Gasteiger charge is -2.14. The first-order valence-corrected chi connectivity index (χ1v) is 13.7. The summed E-state index contributed by atoms with van der Waals surface area (Å²) in [5.74, 6) is -1.89. The van der Waals surface area contributed by atoms with Crippen LogP contribution in [0.25, 0.3) is 0 Å². The fraction of sp³-hybridized carbons (Fsp3) is 0.452. The Morgan fingerprint density at radius 1 is 0.763 bits per heavy atom. The van der Waals surface area contributed by atoms with Crippen LogP contribution in [0.3, 0.4) is 0 Å². The molecule has 0 fully saturated rings. The maximum Gasteiger partial charge on any atom is 0.374 e. The predicted molar refractivity (Wildman–Crippen MR) is 149 cm³/mol. The molecule has 0 aliphatic heterocycles. The van der Waals surface area contributed by atoms with E-state index < -0.39 is 11.9 Å². The fourth-order valence-electron chi connectivity index (χ4n) is 3.53. The standard InChI is InChI=1S/C31H41NO6/c1-4-7-10-11-14-24-17-19-25(20-18-24)30(34)32-26-15-12-13-16-27(26)38-28(31(35)37-22-9-6-3)23-29(33)36-21-8-5-2/h12-13,15-20,23H,4-11,14,21-22H2,1-3H3,(H,32,34)/b28-23-. The van der Waals surface area contributed by atoms with Crippen LogP contribution in [-0.4, -0.2) is 31.1 Å². The summed E-state index contributed by atoms with van der Waals surface area (Å²) in [6.45, 7) is 6.60. The molecule has 0 spiro atoms. The summed E-state index contributed by atoms with van der Waals surface area (Å²) in [7, 11) is 0. The molecule has 7 heteroatoms. The number of hydrogen-bond acceptors (Lipinski definition) is 6. The van der Waals surface area contributed by atoms with Crippen molar-refractivity contribution in [1.82, 2.24) is 0 Å². The Morgan fingerprint density at radius 2 is 1.42 bits per heavy atom. The second-order valence-corrected chi connectivity index (χ2v) is 9.08. The second kappa shape index (κ2) is 17.8. The van der Waals surface area contributed by atoms with Crippen molar-refractivity contribution >= 4 is 23.5 Å². The van der Waals surface area contributed by atoms with E-state index in [1.807, 2.05) is 26.0 Å². The summed E-state index contributed by atoms with van der Waals surface area (Å²) in [6, 6.07) is 14.3. The Hall–Kier alpha value is -3.61. The average Bonchev–Trinajstić information content (AvgIpc) is 2.92. The fourth-order valence-corrected chi connectivity index (χ4v) is 3.53. The van der Waals surface area contributed by atoms with Gasteiger partial charge in [0.15, 0.2) is 5.75 Å². The number of aryl methyl sites for hydroxylation is 1.